The number of aromatic hydroxyl groups is 1. The summed E-state index contributed by atoms with van der Waals surface area (Å²) in [5.41, 5.74) is 2.51. The Labute approximate surface area is 188 Å². The largest absolute Gasteiger partial charge is 0.507 e. The van der Waals surface area contributed by atoms with E-state index < -0.39 is 15.8 Å². The molecule has 0 radical (unpaired) electrons. The van der Waals surface area contributed by atoms with Gasteiger partial charge in [0, 0.05) is 5.92 Å². The average molecular weight is 455 g/mol. The van der Waals surface area contributed by atoms with Crippen molar-refractivity contribution in [1.82, 2.24) is 0 Å². The van der Waals surface area contributed by atoms with E-state index in [1.165, 1.54) is 12.1 Å². The van der Waals surface area contributed by atoms with Crippen LogP contribution in [-0.2, 0) is 9.84 Å². The molecule has 32 heavy (non-hydrogen) atoms. The van der Waals surface area contributed by atoms with Crippen LogP contribution >= 0.6 is 0 Å². The third-order valence-corrected chi connectivity index (χ3v) is 7.10. The van der Waals surface area contributed by atoms with E-state index in [2.05, 4.69) is 0 Å². The summed E-state index contributed by atoms with van der Waals surface area (Å²) in [6.45, 7) is 4.09. The molecule has 6 nitrogen and oxygen atoms in total. The van der Waals surface area contributed by atoms with Gasteiger partial charge in [0.1, 0.15) is 17.1 Å². The van der Waals surface area contributed by atoms with Crippen LogP contribution in [0.4, 0.5) is 0 Å². The van der Waals surface area contributed by atoms with Gasteiger partial charge in [0.2, 0.25) is 0 Å². The Hall–Kier alpha value is -3.32. The fourth-order valence-electron chi connectivity index (χ4n) is 3.41. The van der Waals surface area contributed by atoms with Gasteiger partial charge in [0.25, 0.3) is 0 Å². The highest BCUT2D eigenvalue weighted by molar-refractivity contribution is 7.91. The maximum Gasteiger partial charge on any atom is 0.339 e. The van der Waals surface area contributed by atoms with Gasteiger partial charge in [-0.1, -0.05) is 37.3 Å². The van der Waals surface area contributed by atoms with Crippen molar-refractivity contribution in [3.05, 3.63) is 89.0 Å². The van der Waals surface area contributed by atoms with Gasteiger partial charge in [0.05, 0.1) is 17.3 Å². The van der Waals surface area contributed by atoms with Crippen molar-refractivity contribution in [2.45, 2.75) is 31.1 Å². The number of carboxylic acids is 1. The smallest absolute Gasteiger partial charge is 0.339 e. The maximum atomic E-state index is 12.4. The van der Waals surface area contributed by atoms with Gasteiger partial charge >= 0.3 is 5.97 Å². The lowest BCUT2D eigenvalue weighted by molar-refractivity contribution is 0.0693. The van der Waals surface area contributed by atoms with Gasteiger partial charge in [-0.25, -0.2) is 13.2 Å². The minimum absolute atomic E-state index is 0.0122. The Kier molecular flexibility index (Phi) is 7.20. The minimum atomic E-state index is -3.34. The molecule has 7 heteroatoms. The molecule has 0 spiro atoms. The molecule has 0 heterocycles. The summed E-state index contributed by atoms with van der Waals surface area (Å²) in [6, 6.07) is 18.8. The van der Waals surface area contributed by atoms with E-state index in [9.17, 15) is 23.4 Å². The fraction of sp³-hybridized carbons (Fsp3) is 0.240. The zero-order valence-corrected chi connectivity index (χ0v) is 18.8. The molecular weight excluding hydrogens is 428 g/mol. The number of carbonyl (C=O) groups is 1. The van der Waals surface area contributed by atoms with Gasteiger partial charge in [-0.3, -0.25) is 0 Å². The Balaban J connectivity index is 1.57. The third-order valence-electron chi connectivity index (χ3n) is 5.31. The van der Waals surface area contributed by atoms with Crippen molar-refractivity contribution in [1.29, 1.82) is 0 Å². The first-order valence-corrected chi connectivity index (χ1v) is 11.9. The summed E-state index contributed by atoms with van der Waals surface area (Å²) in [5, 5.41) is 18.9. The molecule has 0 aliphatic carbocycles. The summed E-state index contributed by atoms with van der Waals surface area (Å²) in [5.74, 6) is -0.877. The number of rotatable bonds is 9. The quantitative estimate of drug-likeness (QED) is 0.451. The van der Waals surface area contributed by atoms with Gasteiger partial charge in [-0.05, 0) is 66.4 Å². The van der Waals surface area contributed by atoms with E-state index in [-0.39, 0.29) is 29.6 Å². The number of hydrogen-bond donors (Lipinski definition) is 2. The number of benzene rings is 3. The zero-order valence-electron chi connectivity index (χ0n) is 18.0. The first-order valence-electron chi connectivity index (χ1n) is 10.3. The van der Waals surface area contributed by atoms with E-state index in [1.807, 2.05) is 32.0 Å². The van der Waals surface area contributed by atoms with E-state index in [4.69, 9.17) is 4.74 Å². The molecule has 0 fully saturated rings. The monoisotopic (exact) mass is 454 g/mol. The number of ether oxygens (including phenoxy) is 1. The Morgan fingerprint density at radius 1 is 1.00 bits per heavy atom. The highest BCUT2D eigenvalue weighted by Crippen LogP contribution is 2.29. The molecule has 0 aromatic heterocycles. The van der Waals surface area contributed by atoms with Gasteiger partial charge in [0.15, 0.2) is 9.84 Å². The topological polar surface area (TPSA) is 101 Å². The lowest BCUT2D eigenvalue weighted by atomic mass is 9.92. The van der Waals surface area contributed by atoms with Gasteiger partial charge < -0.3 is 14.9 Å². The van der Waals surface area contributed by atoms with Crippen LogP contribution in [-0.4, -0.2) is 37.0 Å². The first-order chi connectivity index (χ1) is 15.2. The Morgan fingerprint density at radius 3 is 2.34 bits per heavy atom. The standard InChI is InChI=1S/C25H26O6S/c1-17-5-3-6-22(15-17)32(29,30)14-4-13-31-21-10-7-19(8-11-21)18(2)20-9-12-24(26)23(16-20)25(27)28/h3,5-12,15-16,18,26H,4,13-14H2,1-2H3,(H,27,28). The molecule has 2 N–H and O–H groups in total. The number of sulfone groups is 1. The van der Waals surface area contributed by atoms with Gasteiger partial charge in [-0.15, -0.1) is 0 Å². The number of phenols is 1. The van der Waals surface area contributed by atoms with Crippen molar-refractivity contribution < 1.29 is 28.2 Å². The molecule has 3 aromatic carbocycles. The van der Waals surface area contributed by atoms with Crippen LogP contribution in [0.1, 0.15) is 46.3 Å². The lowest BCUT2D eigenvalue weighted by Crippen LogP contribution is -2.10. The van der Waals surface area contributed by atoms with Crippen LogP contribution in [0, 0.1) is 6.92 Å². The van der Waals surface area contributed by atoms with Crippen molar-refractivity contribution in [3.63, 3.8) is 0 Å². The summed E-state index contributed by atoms with van der Waals surface area (Å²) < 4.78 is 30.6. The minimum Gasteiger partial charge on any atom is -0.507 e. The number of aryl methyl sites for hydroxylation is 1. The molecule has 1 unspecified atom stereocenters. The molecule has 0 aliphatic rings. The number of carboxylic acid groups (broad SMARTS) is 1. The van der Waals surface area contributed by atoms with E-state index in [0.29, 0.717) is 17.1 Å². The number of aromatic carboxylic acids is 1. The summed E-state index contributed by atoms with van der Waals surface area (Å²) >= 11 is 0. The summed E-state index contributed by atoms with van der Waals surface area (Å²) in [4.78, 5) is 11.6. The second-order valence-electron chi connectivity index (χ2n) is 7.71. The van der Waals surface area contributed by atoms with Crippen molar-refractivity contribution in [2.24, 2.45) is 0 Å². The highest BCUT2D eigenvalue weighted by Gasteiger charge is 2.16. The average Bonchev–Trinajstić information content (AvgIpc) is 2.77. The third kappa shape index (κ3) is 5.68. The van der Waals surface area contributed by atoms with Crippen LogP contribution in [0.5, 0.6) is 11.5 Å². The fourth-order valence-corrected chi connectivity index (χ4v) is 4.79. The van der Waals surface area contributed by atoms with Crippen LogP contribution in [0.25, 0.3) is 0 Å². The molecule has 168 valence electrons. The van der Waals surface area contributed by atoms with Gasteiger partial charge in [-0.2, -0.15) is 0 Å². The predicted octanol–water partition coefficient (Wildman–Crippen LogP) is 4.79. The first kappa shape index (κ1) is 23.3. The predicted molar refractivity (Wildman–Crippen MR) is 122 cm³/mol. The Morgan fingerprint density at radius 2 is 1.69 bits per heavy atom. The summed E-state index contributed by atoms with van der Waals surface area (Å²) in [7, 11) is -3.34. The second-order valence-corrected chi connectivity index (χ2v) is 9.82. The lowest BCUT2D eigenvalue weighted by Gasteiger charge is -2.15. The van der Waals surface area contributed by atoms with Crippen LogP contribution in [0.15, 0.2) is 71.6 Å². The molecule has 0 bridgehead atoms. The van der Waals surface area contributed by atoms with E-state index in [0.717, 1.165) is 16.7 Å². The van der Waals surface area contributed by atoms with E-state index >= 15 is 0 Å². The van der Waals surface area contributed by atoms with Crippen molar-refractivity contribution >= 4 is 15.8 Å². The van der Waals surface area contributed by atoms with Crippen LogP contribution in [0.3, 0.4) is 0 Å². The van der Waals surface area contributed by atoms with Crippen LogP contribution in [0.2, 0.25) is 0 Å². The molecular formula is C25H26O6S. The molecule has 0 saturated heterocycles. The van der Waals surface area contributed by atoms with Crippen molar-refractivity contribution in [3.8, 4) is 11.5 Å². The Bertz CT molecular complexity index is 1200. The number of hydrogen-bond acceptors (Lipinski definition) is 5. The normalized spacial score (nSPS) is 12.3. The second kappa shape index (κ2) is 9.87. The SMILES string of the molecule is Cc1cccc(S(=O)(=O)CCCOc2ccc(C(C)c3ccc(O)c(C(=O)O)c3)cc2)c1. The zero-order chi connectivity index (χ0) is 23.3. The van der Waals surface area contributed by atoms with Crippen LogP contribution < -0.4 is 4.74 Å². The maximum absolute atomic E-state index is 12.4. The highest BCUT2D eigenvalue weighted by atomic mass is 32.2. The summed E-state index contributed by atoms with van der Waals surface area (Å²) in [6.07, 6.45) is 0.375. The van der Waals surface area contributed by atoms with Crippen molar-refractivity contribution in [2.75, 3.05) is 12.4 Å². The molecule has 0 amide bonds. The molecule has 0 saturated carbocycles. The molecule has 0 aliphatic heterocycles. The molecule has 1 atom stereocenters. The molecule has 3 rings (SSSR count). The molecule has 3 aromatic rings. The van der Waals surface area contributed by atoms with E-state index in [1.54, 1.807) is 36.4 Å².